The first-order valence-electron chi connectivity index (χ1n) is 9.26. The molecule has 0 spiro atoms. The number of methoxy groups -OCH3 is 1. The fraction of sp³-hybridized carbons (Fsp3) is 0.0909. The zero-order chi connectivity index (χ0) is 22.2. The van der Waals surface area contributed by atoms with Crippen molar-refractivity contribution in [2.75, 3.05) is 11.8 Å². The maximum atomic E-state index is 14.0. The lowest BCUT2D eigenvalue weighted by atomic mass is 10.2. The van der Waals surface area contributed by atoms with E-state index in [4.69, 9.17) is 4.74 Å². The smallest absolute Gasteiger partial charge is 0.265 e. The second kappa shape index (κ2) is 7.84. The van der Waals surface area contributed by atoms with E-state index < -0.39 is 20.7 Å². The molecule has 0 bridgehead atoms. The molecule has 7 nitrogen and oxygen atoms in total. The molecule has 0 fully saturated rings. The summed E-state index contributed by atoms with van der Waals surface area (Å²) < 4.78 is 48.3. The molecule has 1 N–H and O–H groups in total. The number of halogens is 1. The van der Waals surface area contributed by atoms with Crippen LogP contribution in [0.2, 0.25) is 0 Å². The summed E-state index contributed by atoms with van der Waals surface area (Å²) in [6, 6.07) is 16.6. The van der Waals surface area contributed by atoms with E-state index in [9.17, 15) is 17.6 Å². The van der Waals surface area contributed by atoms with Crippen LogP contribution < -0.4 is 15.0 Å². The van der Waals surface area contributed by atoms with Gasteiger partial charge in [0.15, 0.2) is 0 Å². The minimum absolute atomic E-state index is 0.106. The minimum atomic E-state index is -4.19. The second-order valence-corrected chi connectivity index (χ2v) is 8.39. The van der Waals surface area contributed by atoms with Gasteiger partial charge in [0.05, 0.1) is 29.4 Å². The Labute approximate surface area is 177 Å². The van der Waals surface area contributed by atoms with Crippen LogP contribution in [0, 0.1) is 12.7 Å². The normalized spacial score (nSPS) is 11.5. The van der Waals surface area contributed by atoms with Gasteiger partial charge in [-0.05, 0) is 43.3 Å². The van der Waals surface area contributed by atoms with Crippen LogP contribution >= 0.6 is 0 Å². The van der Waals surface area contributed by atoms with Crippen LogP contribution in [0.1, 0.15) is 5.82 Å². The van der Waals surface area contributed by atoms with Gasteiger partial charge in [0.25, 0.3) is 15.6 Å². The number of hydrogen-bond acceptors (Lipinski definition) is 5. The monoisotopic (exact) mass is 439 g/mol. The van der Waals surface area contributed by atoms with E-state index in [0.717, 1.165) is 6.07 Å². The van der Waals surface area contributed by atoms with E-state index in [-0.39, 0.29) is 17.0 Å². The Hall–Kier alpha value is -3.72. The Balaban J connectivity index is 1.79. The topological polar surface area (TPSA) is 90.3 Å². The molecule has 1 aromatic heterocycles. The SMILES string of the molecule is COc1cc(-n2c(C)nc3ccccc3c2=O)ccc1NS(=O)(=O)c1ccccc1F. The van der Waals surface area contributed by atoms with Gasteiger partial charge >= 0.3 is 0 Å². The number of anilines is 1. The van der Waals surface area contributed by atoms with Gasteiger partial charge in [-0.2, -0.15) is 0 Å². The molecule has 1 heterocycles. The molecule has 0 atom stereocenters. The number of sulfonamides is 1. The molecule has 4 rings (SSSR count). The van der Waals surface area contributed by atoms with Gasteiger partial charge in [-0.15, -0.1) is 0 Å². The predicted octanol–water partition coefficient (Wildman–Crippen LogP) is 3.64. The number of aryl methyl sites for hydroxylation is 1. The van der Waals surface area contributed by atoms with Gasteiger partial charge in [-0.1, -0.05) is 24.3 Å². The van der Waals surface area contributed by atoms with E-state index in [1.165, 1.54) is 42.0 Å². The molecule has 0 unspecified atom stereocenters. The van der Waals surface area contributed by atoms with Gasteiger partial charge in [-0.3, -0.25) is 14.1 Å². The van der Waals surface area contributed by atoms with Crippen molar-refractivity contribution in [3.05, 3.63) is 88.7 Å². The number of aromatic nitrogens is 2. The molecule has 9 heteroatoms. The molecule has 0 radical (unpaired) electrons. The summed E-state index contributed by atoms with van der Waals surface area (Å²) in [4.78, 5) is 17.0. The maximum absolute atomic E-state index is 14.0. The molecule has 3 aromatic carbocycles. The molecule has 158 valence electrons. The van der Waals surface area contributed by atoms with Crippen LogP contribution in [0.25, 0.3) is 16.6 Å². The van der Waals surface area contributed by atoms with Crippen molar-refractivity contribution in [2.45, 2.75) is 11.8 Å². The molecular formula is C22H18FN3O4S. The number of ether oxygens (including phenoxy) is 1. The number of fused-ring (bicyclic) bond motifs is 1. The molecule has 0 saturated carbocycles. The molecular weight excluding hydrogens is 421 g/mol. The van der Waals surface area contributed by atoms with Crippen molar-refractivity contribution in [1.29, 1.82) is 0 Å². The van der Waals surface area contributed by atoms with E-state index >= 15 is 0 Å². The lowest BCUT2D eigenvalue weighted by molar-refractivity contribution is 0.416. The summed E-state index contributed by atoms with van der Waals surface area (Å²) in [5.41, 5.74) is 0.882. The number of nitrogens with one attached hydrogen (secondary N) is 1. The van der Waals surface area contributed by atoms with Gasteiger partial charge in [0, 0.05) is 6.07 Å². The standard InChI is InChI=1S/C22H18FN3O4S/c1-14-24-18-9-5-3-7-16(18)22(27)26(14)15-11-12-19(20(13-15)30-2)25-31(28,29)21-10-6-4-8-17(21)23/h3-13,25H,1-2H3. The van der Waals surface area contributed by atoms with Crippen LogP contribution in [-0.4, -0.2) is 25.1 Å². The summed E-state index contributed by atoms with van der Waals surface area (Å²) in [5, 5.41) is 0.455. The average molecular weight is 439 g/mol. The fourth-order valence-electron chi connectivity index (χ4n) is 3.31. The second-order valence-electron chi connectivity index (χ2n) is 6.74. The molecule has 0 aliphatic rings. The van der Waals surface area contributed by atoms with E-state index in [2.05, 4.69) is 9.71 Å². The Morgan fingerprint density at radius 3 is 2.48 bits per heavy atom. The van der Waals surface area contributed by atoms with Gasteiger partial charge in [-0.25, -0.2) is 17.8 Å². The summed E-state index contributed by atoms with van der Waals surface area (Å²) in [6.45, 7) is 1.70. The Bertz CT molecular complexity index is 1470. The molecule has 4 aromatic rings. The maximum Gasteiger partial charge on any atom is 0.265 e. The first-order chi connectivity index (χ1) is 14.8. The number of nitrogens with zero attached hydrogens (tertiary/aromatic N) is 2. The highest BCUT2D eigenvalue weighted by atomic mass is 32.2. The largest absolute Gasteiger partial charge is 0.494 e. The van der Waals surface area contributed by atoms with Gasteiger partial charge < -0.3 is 4.74 Å². The molecule has 0 amide bonds. The van der Waals surface area contributed by atoms with Crippen molar-refractivity contribution in [3.8, 4) is 11.4 Å². The van der Waals surface area contributed by atoms with Crippen molar-refractivity contribution in [1.82, 2.24) is 9.55 Å². The Morgan fingerprint density at radius 1 is 1.03 bits per heavy atom. The zero-order valence-electron chi connectivity index (χ0n) is 16.7. The number of para-hydroxylation sites is 1. The van der Waals surface area contributed by atoms with Crippen molar-refractivity contribution in [3.63, 3.8) is 0 Å². The highest BCUT2D eigenvalue weighted by molar-refractivity contribution is 7.92. The van der Waals surface area contributed by atoms with Crippen molar-refractivity contribution in [2.24, 2.45) is 0 Å². The Kier molecular flexibility index (Phi) is 5.20. The summed E-state index contributed by atoms with van der Waals surface area (Å²) in [5.74, 6) is -0.239. The van der Waals surface area contributed by atoms with E-state index in [1.54, 1.807) is 37.3 Å². The molecule has 0 aliphatic carbocycles. The molecule has 0 aliphatic heterocycles. The third-order valence-corrected chi connectivity index (χ3v) is 6.16. The third kappa shape index (κ3) is 3.75. The van der Waals surface area contributed by atoms with Crippen LogP contribution in [0.3, 0.4) is 0 Å². The van der Waals surface area contributed by atoms with Gasteiger partial charge in [0.2, 0.25) is 0 Å². The van der Waals surface area contributed by atoms with Crippen molar-refractivity contribution >= 4 is 26.6 Å². The highest BCUT2D eigenvalue weighted by Crippen LogP contribution is 2.30. The van der Waals surface area contributed by atoms with E-state index in [0.29, 0.717) is 22.4 Å². The first-order valence-corrected chi connectivity index (χ1v) is 10.7. The van der Waals surface area contributed by atoms with Crippen LogP contribution in [0.15, 0.2) is 76.4 Å². The van der Waals surface area contributed by atoms with Crippen LogP contribution in [0.4, 0.5) is 10.1 Å². The average Bonchev–Trinajstić information content (AvgIpc) is 2.74. The summed E-state index contributed by atoms with van der Waals surface area (Å²) >= 11 is 0. The highest BCUT2D eigenvalue weighted by Gasteiger charge is 2.21. The third-order valence-electron chi connectivity index (χ3n) is 4.76. The zero-order valence-corrected chi connectivity index (χ0v) is 17.5. The van der Waals surface area contributed by atoms with Gasteiger partial charge in [0.1, 0.15) is 22.3 Å². The Morgan fingerprint density at radius 2 is 1.74 bits per heavy atom. The summed E-state index contributed by atoms with van der Waals surface area (Å²) in [7, 11) is -2.82. The molecule has 0 saturated heterocycles. The number of hydrogen-bond donors (Lipinski definition) is 1. The van der Waals surface area contributed by atoms with Crippen LogP contribution in [0.5, 0.6) is 5.75 Å². The number of benzene rings is 3. The minimum Gasteiger partial charge on any atom is -0.494 e. The predicted molar refractivity (Wildman–Crippen MR) is 116 cm³/mol. The first kappa shape index (κ1) is 20.5. The lowest BCUT2D eigenvalue weighted by Gasteiger charge is -2.16. The lowest BCUT2D eigenvalue weighted by Crippen LogP contribution is -2.22. The number of rotatable bonds is 5. The fourth-order valence-corrected chi connectivity index (χ4v) is 4.46. The summed E-state index contributed by atoms with van der Waals surface area (Å²) in [6.07, 6.45) is 0. The molecule has 31 heavy (non-hydrogen) atoms. The quantitative estimate of drug-likeness (QED) is 0.513. The van der Waals surface area contributed by atoms with E-state index in [1.807, 2.05) is 0 Å². The van der Waals surface area contributed by atoms with Crippen molar-refractivity contribution < 1.29 is 17.5 Å². The van der Waals surface area contributed by atoms with Crippen LogP contribution in [-0.2, 0) is 10.0 Å².